The van der Waals surface area contributed by atoms with Crippen molar-refractivity contribution in [2.45, 2.75) is 44.8 Å². The van der Waals surface area contributed by atoms with E-state index in [0.717, 1.165) is 81.7 Å². The Bertz CT molecular complexity index is 1400. The van der Waals surface area contributed by atoms with E-state index >= 15 is 0 Å². The molecule has 11 heteroatoms. The average molecular weight is 540 g/mol. The third-order valence-electron chi connectivity index (χ3n) is 7.94. The van der Waals surface area contributed by atoms with Crippen molar-refractivity contribution in [2.24, 2.45) is 5.92 Å². The number of nitrogens with two attached hydrogens (primary N) is 1. The van der Waals surface area contributed by atoms with Gasteiger partial charge in [-0.2, -0.15) is 13.2 Å². The van der Waals surface area contributed by atoms with Gasteiger partial charge in [0.2, 0.25) is 0 Å². The molecule has 0 aliphatic carbocycles. The lowest BCUT2D eigenvalue weighted by Crippen LogP contribution is -2.45. The van der Waals surface area contributed by atoms with Crippen LogP contribution in [0.1, 0.15) is 38.2 Å². The summed E-state index contributed by atoms with van der Waals surface area (Å²) in [5.41, 5.74) is 9.23. The quantitative estimate of drug-likeness (QED) is 0.463. The Labute approximate surface area is 225 Å². The normalized spacial score (nSPS) is 19.6. The molecule has 2 saturated heterocycles. The van der Waals surface area contributed by atoms with Crippen LogP contribution < -0.4 is 16.0 Å². The molecule has 39 heavy (non-hydrogen) atoms. The smallest absolute Gasteiger partial charge is 0.383 e. The van der Waals surface area contributed by atoms with E-state index in [1.807, 2.05) is 6.92 Å². The highest BCUT2D eigenvalue weighted by molar-refractivity contribution is 5.98. The van der Waals surface area contributed by atoms with Crippen LogP contribution in [0.25, 0.3) is 22.3 Å². The molecule has 206 valence electrons. The molecule has 8 nitrogen and oxygen atoms in total. The van der Waals surface area contributed by atoms with Crippen molar-refractivity contribution < 1.29 is 17.9 Å². The van der Waals surface area contributed by atoms with Crippen LogP contribution in [0, 0.1) is 5.92 Å². The number of nitrogen functional groups attached to an aromatic ring is 1. The lowest BCUT2D eigenvalue weighted by molar-refractivity contribution is -0.137. The molecule has 3 N–H and O–H groups in total. The van der Waals surface area contributed by atoms with Crippen molar-refractivity contribution >= 4 is 28.2 Å². The lowest BCUT2D eigenvalue weighted by Gasteiger charge is -2.41. The van der Waals surface area contributed by atoms with Crippen LogP contribution >= 0.6 is 0 Å². The first-order valence-corrected chi connectivity index (χ1v) is 13.4. The first-order chi connectivity index (χ1) is 18.8. The molecule has 0 bridgehead atoms. The second kappa shape index (κ2) is 10.3. The van der Waals surface area contributed by atoms with E-state index < -0.39 is 17.6 Å². The summed E-state index contributed by atoms with van der Waals surface area (Å²) < 4.78 is 46.0. The number of allylic oxidation sites excluding steroid dienone is 1. The first-order valence-electron chi connectivity index (χ1n) is 13.4. The van der Waals surface area contributed by atoms with Gasteiger partial charge in [-0.05, 0) is 56.7 Å². The van der Waals surface area contributed by atoms with Crippen LogP contribution in [0.3, 0.4) is 0 Å². The molecule has 0 saturated carbocycles. The lowest BCUT2D eigenvalue weighted by atomic mass is 9.96. The summed E-state index contributed by atoms with van der Waals surface area (Å²) in [4.78, 5) is 18.1. The molecule has 0 aromatic carbocycles. The van der Waals surface area contributed by atoms with Gasteiger partial charge in [-0.25, -0.2) is 9.97 Å². The zero-order chi connectivity index (χ0) is 27.1. The fourth-order valence-electron chi connectivity index (χ4n) is 5.89. The molecular formula is C28H32F3N7O. The summed E-state index contributed by atoms with van der Waals surface area (Å²) in [5, 5.41) is 3.40. The number of piperidine rings is 1. The Morgan fingerprint density at radius 2 is 1.85 bits per heavy atom. The maximum absolute atomic E-state index is 13.5. The van der Waals surface area contributed by atoms with E-state index in [-0.39, 0.29) is 11.6 Å². The molecule has 3 aliphatic heterocycles. The van der Waals surface area contributed by atoms with Crippen LogP contribution in [0.2, 0.25) is 0 Å². The monoisotopic (exact) mass is 539 g/mol. The van der Waals surface area contributed by atoms with E-state index in [9.17, 15) is 13.2 Å². The molecule has 0 atom stereocenters. The molecule has 6 rings (SSSR count). The number of hydrogen-bond acceptors (Lipinski definition) is 8. The molecule has 6 heterocycles. The zero-order valence-corrected chi connectivity index (χ0v) is 21.8. The summed E-state index contributed by atoms with van der Waals surface area (Å²) in [6.45, 7) is 6.91. The molecule has 3 aliphatic rings. The Kier molecular flexibility index (Phi) is 6.80. The van der Waals surface area contributed by atoms with E-state index in [1.165, 1.54) is 6.20 Å². The highest BCUT2D eigenvalue weighted by Crippen LogP contribution is 2.41. The number of rotatable bonds is 4. The van der Waals surface area contributed by atoms with E-state index in [0.29, 0.717) is 22.6 Å². The number of hydrogen-bond donors (Lipinski definition) is 2. The number of anilines is 3. The Hall–Kier alpha value is -3.44. The van der Waals surface area contributed by atoms with Gasteiger partial charge in [-0.1, -0.05) is 0 Å². The number of fused-ring (bicyclic) bond motifs is 3. The molecule has 2 fully saturated rings. The van der Waals surface area contributed by atoms with Gasteiger partial charge in [-0.15, -0.1) is 0 Å². The fourth-order valence-corrected chi connectivity index (χ4v) is 5.89. The summed E-state index contributed by atoms with van der Waals surface area (Å²) >= 11 is 0. The first kappa shape index (κ1) is 25.8. The number of nitrogens with one attached hydrogen (secondary N) is 1. The molecule has 3 aromatic heterocycles. The zero-order valence-electron chi connectivity index (χ0n) is 21.8. The van der Waals surface area contributed by atoms with Crippen molar-refractivity contribution in [1.29, 1.82) is 0 Å². The minimum atomic E-state index is -4.60. The number of likely N-dealkylation sites (tertiary alicyclic amines) is 1. The SMILES string of the molecule is CC1=CN(C2CCN(CC3CCOCC3)CC2)c2c(cnc3ccc(-c4cnc(N)c(C(F)(F)F)c4)nc23)N1. The minimum Gasteiger partial charge on any atom is -0.383 e. The fraction of sp³-hybridized carbons (Fsp3) is 0.464. The van der Waals surface area contributed by atoms with Crippen molar-refractivity contribution in [1.82, 2.24) is 19.9 Å². The van der Waals surface area contributed by atoms with E-state index in [2.05, 4.69) is 31.3 Å². The predicted molar refractivity (Wildman–Crippen MR) is 145 cm³/mol. The Balaban J connectivity index is 1.31. The van der Waals surface area contributed by atoms with Crippen molar-refractivity contribution in [3.05, 3.63) is 48.1 Å². The van der Waals surface area contributed by atoms with Crippen LogP contribution in [0.15, 0.2) is 42.5 Å². The summed E-state index contributed by atoms with van der Waals surface area (Å²) in [5.74, 6) is 0.154. The number of pyridine rings is 3. The predicted octanol–water partition coefficient (Wildman–Crippen LogP) is 5.28. The third-order valence-corrected chi connectivity index (χ3v) is 7.94. The second-order valence-corrected chi connectivity index (χ2v) is 10.7. The van der Waals surface area contributed by atoms with Gasteiger partial charge in [0.05, 0.1) is 34.3 Å². The highest BCUT2D eigenvalue weighted by atomic mass is 19.4. The molecule has 0 radical (unpaired) electrons. The van der Waals surface area contributed by atoms with Crippen LogP contribution in [0.4, 0.5) is 30.4 Å². The molecule has 0 spiro atoms. The van der Waals surface area contributed by atoms with Gasteiger partial charge in [0.15, 0.2) is 0 Å². The summed E-state index contributed by atoms with van der Waals surface area (Å²) in [7, 11) is 0. The maximum Gasteiger partial charge on any atom is 0.419 e. The van der Waals surface area contributed by atoms with Gasteiger partial charge in [0.25, 0.3) is 0 Å². The average Bonchev–Trinajstić information content (AvgIpc) is 2.93. The number of ether oxygens (including phenoxy) is 1. The van der Waals surface area contributed by atoms with Gasteiger partial charge in [0.1, 0.15) is 11.3 Å². The number of aromatic nitrogens is 3. The van der Waals surface area contributed by atoms with Crippen LogP contribution in [0.5, 0.6) is 0 Å². The van der Waals surface area contributed by atoms with Crippen LogP contribution in [-0.4, -0.2) is 58.7 Å². The second-order valence-electron chi connectivity index (χ2n) is 10.7. The van der Waals surface area contributed by atoms with E-state index in [4.69, 9.17) is 15.5 Å². The van der Waals surface area contributed by atoms with Crippen molar-refractivity contribution in [3.63, 3.8) is 0 Å². The van der Waals surface area contributed by atoms with Gasteiger partial charge in [-0.3, -0.25) is 4.98 Å². The Morgan fingerprint density at radius 1 is 1.08 bits per heavy atom. The van der Waals surface area contributed by atoms with E-state index in [1.54, 1.807) is 18.3 Å². The van der Waals surface area contributed by atoms with Crippen molar-refractivity contribution in [2.75, 3.05) is 48.8 Å². The topological polar surface area (TPSA) is 92.4 Å². The van der Waals surface area contributed by atoms with Gasteiger partial charge >= 0.3 is 6.18 Å². The summed E-state index contributed by atoms with van der Waals surface area (Å²) in [6.07, 6.45) is 4.92. The number of alkyl halides is 3. The number of nitrogens with zero attached hydrogens (tertiary/aromatic N) is 5. The van der Waals surface area contributed by atoms with Crippen molar-refractivity contribution in [3.8, 4) is 11.3 Å². The maximum atomic E-state index is 13.5. The molecule has 3 aromatic rings. The Morgan fingerprint density at radius 3 is 2.59 bits per heavy atom. The molecule has 0 amide bonds. The number of halogens is 3. The molecule has 0 unspecified atom stereocenters. The summed E-state index contributed by atoms with van der Waals surface area (Å²) in [6, 6.07) is 4.75. The standard InChI is InChI=1S/C28H32F3N7O/c1-17-15-38(20-4-8-37(9-5-20)16-18-6-10-39-11-7-18)26-24(35-17)14-33-23-3-2-22(36-25(23)26)19-12-21(28(29,30)31)27(32)34-13-19/h2-3,12-15,18,20,35H,4-11,16H2,1H3,(H2,32,34). The van der Waals surface area contributed by atoms with Gasteiger partial charge < -0.3 is 25.6 Å². The van der Waals surface area contributed by atoms with Crippen LogP contribution in [-0.2, 0) is 10.9 Å². The van der Waals surface area contributed by atoms with Gasteiger partial charge in [0, 0.05) is 62.5 Å². The largest absolute Gasteiger partial charge is 0.419 e. The molecular weight excluding hydrogens is 507 g/mol. The highest BCUT2D eigenvalue weighted by Gasteiger charge is 2.34. The minimum absolute atomic E-state index is 0.250. The third kappa shape index (κ3) is 5.25.